The number of allylic oxidation sites excluding steroid dienone is 1. The van der Waals surface area contributed by atoms with E-state index < -0.39 is 18.4 Å². The summed E-state index contributed by atoms with van der Waals surface area (Å²) < 4.78 is 5.87. The molecule has 4 bridgehead atoms. The number of fused-ring (bicyclic) bond motifs is 4. The first-order valence-corrected chi connectivity index (χ1v) is 24.8. The first-order chi connectivity index (χ1) is 17.5. The molecular weight excluding hydrogens is 550 g/mol. The molecule has 6 fully saturated rings. The first-order valence-electron chi connectivity index (χ1n) is 17.1. The quantitative estimate of drug-likeness (QED) is 0.135. The van der Waals surface area contributed by atoms with Crippen LogP contribution in [0, 0.1) is 46.3 Å². The molecule has 0 radical (unpaired) electrons. The SMILES string of the molecule is C=C[CH](B([C@@H]1C[C@@H]2C[C@H]([C@H]1C)C2(C)C)[C@@H]1C[C@@H]2C[C@H]([C@H]1C)C2(C)C)[Sn]([CH2]CCC)([CH2]CCC)[CH2]CCC. The molecule has 6 rings (SSSR count). The molecule has 0 aromatic heterocycles. The van der Waals surface area contributed by atoms with E-state index in [0.717, 1.165) is 57.7 Å². The van der Waals surface area contributed by atoms with Crippen LogP contribution in [0.3, 0.4) is 0 Å². The maximum atomic E-state index is 4.78. The Morgan fingerprint density at radius 1 is 0.730 bits per heavy atom. The molecule has 212 valence electrons. The summed E-state index contributed by atoms with van der Waals surface area (Å²) in [6.45, 7) is 29.0. The molecule has 0 amide bonds. The summed E-state index contributed by atoms with van der Waals surface area (Å²) >= 11 is -2.48. The summed E-state index contributed by atoms with van der Waals surface area (Å²) in [7, 11) is 0. The van der Waals surface area contributed by atoms with Gasteiger partial charge in [-0.1, -0.05) is 0 Å². The fourth-order valence-electron chi connectivity index (χ4n) is 11.5. The summed E-state index contributed by atoms with van der Waals surface area (Å²) in [5, 5.41) is 0. The normalized spacial score (nSPS) is 38.3. The van der Waals surface area contributed by atoms with Crippen LogP contribution in [0.1, 0.15) is 127 Å². The van der Waals surface area contributed by atoms with E-state index in [1.54, 1.807) is 26.2 Å². The van der Waals surface area contributed by atoms with Crippen molar-refractivity contribution in [3.05, 3.63) is 12.7 Å². The number of rotatable bonds is 14. The molecule has 0 aromatic carbocycles. The molecule has 2 heteroatoms. The van der Waals surface area contributed by atoms with Gasteiger partial charge in [0.15, 0.2) is 0 Å². The second-order valence-corrected chi connectivity index (χ2v) is 30.2. The van der Waals surface area contributed by atoms with Crippen molar-refractivity contribution in [2.45, 2.75) is 155 Å². The Morgan fingerprint density at radius 2 is 1.11 bits per heavy atom. The van der Waals surface area contributed by atoms with Gasteiger partial charge in [0.05, 0.1) is 0 Å². The van der Waals surface area contributed by atoms with Gasteiger partial charge in [0.25, 0.3) is 0 Å². The van der Waals surface area contributed by atoms with E-state index in [-0.39, 0.29) is 0 Å². The van der Waals surface area contributed by atoms with Crippen LogP contribution in [0.5, 0.6) is 0 Å². The van der Waals surface area contributed by atoms with Gasteiger partial charge in [0.2, 0.25) is 0 Å². The second-order valence-electron chi connectivity index (χ2n) is 16.3. The predicted octanol–water partition coefficient (Wildman–Crippen LogP) is 11.6. The monoisotopic (exact) mass is 616 g/mol. The molecule has 0 spiro atoms. The van der Waals surface area contributed by atoms with Crippen LogP contribution in [0.15, 0.2) is 12.7 Å². The fraction of sp³-hybridized carbons (Fsp3) is 0.943. The van der Waals surface area contributed by atoms with Crippen LogP contribution in [0.25, 0.3) is 0 Å². The average molecular weight is 615 g/mol. The summed E-state index contributed by atoms with van der Waals surface area (Å²) in [4.78, 5) is 0. The summed E-state index contributed by atoms with van der Waals surface area (Å²) in [6, 6.07) is 0. The molecule has 37 heavy (non-hydrogen) atoms. The Bertz CT molecular complexity index is 705. The van der Waals surface area contributed by atoms with Gasteiger partial charge in [0.1, 0.15) is 0 Å². The van der Waals surface area contributed by atoms with Crippen LogP contribution >= 0.6 is 0 Å². The van der Waals surface area contributed by atoms with Gasteiger partial charge in [0, 0.05) is 0 Å². The molecule has 6 aliphatic carbocycles. The molecule has 0 aliphatic heterocycles. The van der Waals surface area contributed by atoms with Crippen LogP contribution in [0.4, 0.5) is 0 Å². The number of hydrogen-bond donors (Lipinski definition) is 0. The zero-order valence-electron chi connectivity index (χ0n) is 26.8. The standard InChI is InChI=1S/C23H38B.3C4H9.Sn/c1-8-9-24(20-12-16-10-18(14(20)2)22(16,4)5)21-13-17-11-19(15(21)3)23(17,6)7;3*1-3-4-2;/h8-9,14-21H,1,10-13H2,2-7H3;3*1,3-4H2,2H3;/t14-,15-,16+,17+,18-,19-,20-,21-;;;;/m1..../s1. The Kier molecular flexibility index (Phi) is 9.78. The zero-order valence-corrected chi connectivity index (χ0v) is 29.6. The van der Waals surface area contributed by atoms with E-state index in [9.17, 15) is 0 Å². The van der Waals surface area contributed by atoms with Crippen LogP contribution in [-0.4, -0.2) is 25.1 Å². The maximum absolute atomic E-state index is 4.78. The fourth-order valence-corrected chi connectivity index (χ4v) is 30.7. The molecule has 0 saturated heterocycles. The molecule has 0 aromatic rings. The van der Waals surface area contributed by atoms with Gasteiger partial charge in [-0.25, -0.2) is 0 Å². The molecule has 1 unspecified atom stereocenters. The first kappa shape index (κ1) is 30.6. The third kappa shape index (κ3) is 5.22. The van der Waals surface area contributed by atoms with E-state index in [4.69, 9.17) is 6.58 Å². The van der Waals surface area contributed by atoms with Crippen molar-refractivity contribution < 1.29 is 0 Å². The molecule has 0 heterocycles. The van der Waals surface area contributed by atoms with Crippen molar-refractivity contribution in [1.29, 1.82) is 0 Å². The van der Waals surface area contributed by atoms with Crippen molar-refractivity contribution >= 4 is 25.1 Å². The van der Waals surface area contributed by atoms with Crippen LogP contribution in [0.2, 0.25) is 28.8 Å². The molecule has 9 atom stereocenters. The van der Waals surface area contributed by atoms with E-state index >= 15 is 0 Å². The van der Waals surface area contributed by atoms with Gasteiger partial charge in [-0.2, -0.15) is 0 Å². The number of hydrogen-bond acceptors (Lipinski definition) is 0. The molecule has 0 nitrogen and oxygen atoms in total. The van der Waals surface area contributed by atoms with Gasteiger partial charge in [-0.15, -0.1) is 0 Å². The topological polar surface area (TPSA) is 0 Å². The van der Waals surface area contributed by atoms with E-state index in [1.807, 2.05) is 0 Å². The third-order valence-corrected chi connectivity index (χ3v) is 31.6. The predicted molar refractivity (Wildman–Crippen MR) is 170 cm³/mol. The Balaban J connectivity index is 1.76. The average Bonchev–Trinajstić information content (AvgIpc) is 2.87. The molecule has 6 aliphatic rings. The Labute approximate surface area is 238 Å². The van der Waals surface area contributed by atoms with Crippen molar-refractivity contribution in [2.24, 2.45) is 46.3 Å². The minimum absolute atomic E-state index is 0.597. The Hall–Kier alpha value is 0.604. The molecular formula is C35H65BSn. The summed E-state index contributed by atoms with van der Waals surface area (Å²) in [5.74, 6) is 7.69. The number of unbranched alkanes of at least 4 members (excludes halogenated alkanes) is 3. The van der Waals surface area contributed by atoms with Crippen molar-refractivity contribution in [2.75, 3.05) is 0 Å². The van der Waals surface area contributed by atoms with Crippen LogP contribution in [-0.2, 0) is 0 Å². The van der Waals surface area contributed by atoms with Crippen LogP contribution < -0.4 is 0 Å². The third-order valence-electron chi connectivity index (χ3n) is 14.3. The van der Waals surface area contributed by atoms with Gasteiger partial charge in [-0.05, 0) is 0 Å². The Morgan fingerprint density at radius 3 is 1.38 bits per heavy atom. The van der Waals surface area contributed by atoms with Gasteiger partial charge in [-0.3, -0.25) is 0 Å². The minimum atomic E-state index is -2.48. The second kappa shape index (κ2) is 11.8. The molecule has 0 N–H and O–H groups in total. The van der Waals surface area contributed by atoms with Gasteiger partial charge < -0.3 is 0 Å². The summed E-state index contributed by atoms with van der Waals surface area (Å²) in [6.07, 6.45) is 17.5. The zero-order chi connectivity index (χ0) is 27.2. The molecule has 6 saturated carbocycles. The van der Waals surface area contributed by atoms with Crippen molar-refractivity contribution in [1.82, 2.24) is 0 Å². The van der Waals surface area contributed by atoms with Crippen molar-refractivity contribution in [3.8, 4) is 0 Å². The van der Waals surface area contributed by atoms with E-state index in [1.165, 1.54) is 51.4 Å². The van der Waals surface area contributed by atoms with Crippen molar-refractivity contribution in [3.63, 3.8) is 0 Å². The van der Waals surface area contributed by atoms with E-state index in [0.29, 0.717) is 10.8 Å². The van der Waals surface area contributed by atoms with E-state index in [2.05, 4.69) is 68.4 Å². The van der Waals surface area contributed by atoms with Gasteiger partial charge >= 0.3 is 239 Å². The summed E-state index contributed by atoms with van der Waals surface area (Å²) in [5.41, 5.74) is 1.19.